The largest absolute Gasteiger partial charge is 0.458 e. The molecule has 0 unspecified atom stereocenters. The molecule has 166 valence electrons. The summed E-state index contributed by atoms with van der Waals surface area (Å²) in [6.45, 7) is 7.41. The van der Waals surface area contributed by atoms with E-state index in [1.54, 1.807) is 4.90 Å². The van der Waals surface area contributed by atoms with Crippen LogP contribution in [0.4, 0.5) is 0 Å². The van der Waals surface area contributed by atoms with Crippen LogP contribution in [0.25, 0.3) is 0 Å². The van der Waals surface area contributed by atoms with Gasteiger partial charge in [-0.05, 0) is 69.0 Å². The zero-order chi connectivity index (χ0) is 22.8. The minimum absolute atomic E-state index is 0.00550. The topological polar surface area (TPSA) is 46.6 Å². The number of esters is 1. The number of piperidine rings is 1. The molecule has 2 aromatic rings. The molecule has 1 amide bonds. The predicted octanol–water partition coefficient (Wildman–Crippen LogP) is 6.56. The Bertz CT molecular complexity index is 937. The van der Waals surface area contributed by atoms with Gasteiger partial charge in [-0.1, -0.05) is 54.4 Å². The highest BCUT2D eigenvalue weighted by Gasteiger charge is 2.44. The molecule has 0 aliphatic carbocycles. The Morgan fingerprint density at radius 2 is 1.77 bits per heavy atom. The van der Waals surface area contributed by atoms with Gasteiger partial charge in [-0.3, -0.25) is 4.79 Å². The number of hydrogen-bond donors (Lipinski definition) is 0. The maximum Gasteiger partial charge on any atom is 0.329 e. The van der Waals surface area contributed by atoms with Crippen molar-refractivity contribution in [3.63, 3.8) is 0 Å². The van der Waals surface area contributed by atoms with Crippen LogP contribution in [0.5, 0.6) is 0 Å². The summed E-state index contributed by atoms with van der Waals surface area (Å²) in [6.07, 6.45) is 1.50. The van der Waals surface area contributed by atoms with Crippen LogP contribution in [0.3, 0.4) is 0 Å². The fourth-order valence-electron chi connectivity index (χ4n) is 4.27. The molecule has 1 aliphatic rings. The third-order valence-corrected chi connectivity index (χ3v) is 6.01. The number of carbonyl (C=O) groups is 2. The number of carbonyl (C=O) groups excluding carboxylic acids is 2. The Kier molecular flexibility index (Phi) is 7.33. The summed E-state index contributed by atoms with van der Waals surface area (Å²) >= 11 is 12.4. The van der Waals surface area contributed by atoms with Crippen LogP contribution in [0.15, 0.2) is 48.5 Å². The molecule has 1 aliphatic heterocycles. The summed E-state index contributed by atoms with van der Waals surface area (Å²) in [4.78, 5) is 28.1. The summed E-state index contributed by atoms with van der Waals surface area (Å²) in [5.41, 5.74) is 1.35. The molecule has 1 saturated heterocycles. The highest BCUT2D eigenvalue weighted by molar-refractivity contribution is 6.30. The van der Waals surface area contributed by atoms with Crippen LogP contribution in [0.1, 0.15) is 70.0 Å². The van der Waals surface area contributed by atoms with Gasteiger partial charge in [0.1, 0.15) is 11.6 Å². The first kappa shape index (κ1) is 23.6. The van der Waals surface area contributed by atoms with Crippen molar-refractivity contribution < 1.29 is 14.3 Å². The van der Waals surface area contributed by atoms with E-state index in [-0.39, 0.29) is 23.8 Å². The third kappa shape index (κ3) is 5.61. The lowest BCUT2D eigenvalue weighted by Crippen LogP contribution is -2.52. The van der Waals surface area contributed by atoms with Gasteiger partial charge in [-0.25, -0.2) is 4.79 Å². The minimum Gasteiger partial charge on any atom is -0.458 e. The van der Waals surface area contributed by atoms with Gasteiger partial charge in [0.15, 0.2) is 0 Å². The van der Waals surface area contributed by atoms with E-state index in [1.165, 1.54) is 0 Å². The lowest BCUT2D eigenvalue weighted by molar-refractivity contribution is -0.168. The summed E-state index contributed by atoms with van der Waals surface area (Å²) in [5, 5.41) is 1.27. The van der Waals surface area contributed by atoms with Crippen LogP contribution < -0.4 is 0 Å². The van der Waals surface area contributed by atoms with Crippen LogP contribution >= 0.6 is 23.2 Å². The second-order valence-electron chi connectivity index (χ2n) is 8.96. The SMILES string of the molecule is CC[C@H](C(=O)OC(C)(C)C)N1C(=O)CC[C@H](c2cccc(Cl)c2)[C@H]1c1ccc(Cl)cc1. The molecule has 1 heterocycles. The molecule has 0 aromatic heterocycles. The highest BCUT2D eigenvalue weighted by atomic mass is 35.5. The van der Waals surface area contributed by atoms with Gasteiger partial charge in [0.2, 0.25) is 5.91 Å². The van der Waals surface area contributed by atoms with Crippen molar-refractivity contribution in [1.82, 2.24) is 4.90 Å². The highest BCUT2D eigenvalue weighted by Crippen LogP contribution is 2.45. The Morgan fingerprint density at radius 3 is 2.35 bits per heavy atom. The van der Waals surface area contributed by atoms with Crippen molar-refractivity contribution in [2.45, 2.75) is 70.6 Å². The van der Waals surface area contributed by atoms with Crippen molar-refractivity contribution in [3.8, 4) is 0 Å². The standard InChI is InChI=1S/C25H29Cl2NO3/c1-5-21(24(30)31-25(2,3)4)28-22(29)14-13-20(17-7-6-8-19(27)15-17)23(28)16-9-11-18(26)12-10-16/h6-12,15,20-21,23H,5,13-14H2,1-4H3/t20-,21-,23-/m1/s1. The molecule has 6 heteroatoms. The Labute approximate surface area is 194 Å². The second kappa shape index (κ2) is 9.62. The molecule has 4 nitrogen and oxygen atoms in total. The number of rotatable bonds is 5. The Balaban J connectivity index is 2.09. The average molecular weight is 462 g/mol. The Morgan fingerprint density at radius 1 is 1.10 bits per heavy atom. The van der Waals surface area contributed by atoms with E-state index in [1.807, 2.05) is 76.2 Å². The van der Waals surface area contributed by atoms with E-state index in [4.69, 9.17) is 27.9 Å². The van der Waals surface area contributed by atoms with Crippen LogP contribution in [-0.4, -0.2) is 28.4 Å². The van der Waals surface area contributed by atoms with Crippen LogP contribution in [0.2, 0.25) is 10.0 Å². The molecule has 0 saturated carbocycles. The molecule has 2 aromatic carbocycles. The lowest BCUT2D eigenvalue weighted by Gasteiger charge is -2.45. The van der Waals surface area contributed by atoms with Gasteiger partial charge < -0.3 is 9.64 Å². The zero-order valence-electron chi connectivity index (χ0n) is 18.4. The number of likely N-dealkylation sites (tertiary alicyclic amines) is 1. The molecule has 0 radical (unpaired) electrons. The number of amides is 1. The van der Waals surface area contributed by atoms with Crippen molar-refractivity contribution in [1.29, 1.82) is 0 Å². The minimum atomic E-state index is -0.672. The van der Waals surface area contributed by atoms with Crippen molar-refractivity contribution >= 4 is 35.1 Å². The second-order valence-corrected chi connectivity index (χ2v) is 9.83. The van der Waals surface area contributed by atoms with Gasteiger partial charge in [0, 0.05) is 22.4 Å². The molecule has 3 rings (SSSR count). The molecular formula is C25H29Cl2NO3. The number of hydrogen-bond acceptors (Lipinski definition) is 3. The smallest absolute Gasteiger partial charge is 0.329 e. The normalized spacial score (nSPS) is 20.5. The fraction of sp³-hybridized carbons (Fsp3) is 0.440. The molecule has 3 atom stereocenters. The molecule has 0 N–H and O–H groups in total. The number of ether oxygens (including phenoxy) is 1. The van der Waals surface area contributed by atoms with Gasteiger partial charge in [0.25, 0.3) is 0 Å². The third-order valence-electron chi connectivity index (χ3n) is 5.53. The summed E-state index contributed by atoms with van der Waals surface area (Å²) in [5.74, 6) is -0.431. The van der Waals surface area contributed by atoms with E-state index >= 15 is 0 Å². The molecule has 0 spiro atoms. The summed E-state index contributed by atoms with van der Waals surface area (Å²) < 4.78 is 5.68. The molecule has 0 bridgehead atoms. The van der Waals surface area contributed by atoms with E-state index in [0.29, 0.717) is 29.3 Å². The maximum absolute atomic E-state index is 13.2. The van der Waals surface area contributed by atoms with E-state index in [9.17, 15) is 9.59 Å². The number of halogens is 2. The van der Waals surface area contributed by atoms with E-state index in [2.05, 4.69) is 0 Å². The van der Waals surface area contributed by atoms with Gasteiger partial charge in [-0.2, -0.15) is 0 Å². The van der Waals surface area contributed by atoms with Crippen LogP contribution in [-0.2, 0) is 14.3 Å². The number of benzene rings is 2. The van der Waals surface area contributed by atoms with E-state index in [0.717, 1.165) is 11.1 Å². The van der Waals surface area contributed by atoms with Crippen molar-refractivity contribution in [3.05, 3.63) is 69.7 Å². The first-order valence-electron chi connectivity index (χ1n) is 10.7. The molecule has 31 heavy (non-hydrogen) atoms. The van der Waals surface area contributed by atoms with Gasteiger partial charge in [0.05, 0.1) is 6.04 Å². The monoisotopic (exact) mass is 461 g/mol. The van der Waals surface area contributed by atoms with Crippen molar-refractivity contribution in [2.24, 2.45) is 0 Å². The first-order valence-corrected chi connectivity index (χ1v) is 11.4. The molecule has 1 fully saturated rings. The first-order chi connectivity index (χ1) is 14.6. The number of nitrogens with zero attached hydrogens (tertiary/aromatic N) is 1. The Hall–Kier alpha value is -2.04. The van der Waals surface area contributed by atoms with E-state index < -0.39 is 11.6 Å². The average Bonchev–Trinajstić information content (AvgIpc) is 2.69. The maximum atomic E-state index is 13.2. The van der Waals surface area contributed by atoms with Crippen LogP contribution in [0, 0.1) is 0 Å². The van der Waals surface area contributed by atoms with Crippen molar-refractivity contribution in [2.75, 3.05) is 0 Å². The summed E-state index contributed by atoms with van der Waals surface area (Å²) in [7, 11) is 0. The fourth-order valence-corrected chi connectivity index (χ4v) is 4.59. The quantitative estimate of drug-likeness (QED) is 0.473. The lowest BCUT2D eigenvalue weighted by atomic mass is 9.79. The summed E-state index contributed by atoms with van der Waals surface area (Å²) in [6, 6.07) is 14.2. The zero-order valence-corrected chi connectivity index (χ0v) is 19.9. The molecular weight excluding hydrogens is 433 g/mol. The predicted molar refractivity (Wildman–Crippen MR) is 124 cm³/mol. The van der Waals surface area contributed by atoms with Gasteiger partial charge >= 0.3 is 5.97 Å². The van der Waals surface area contributed by atoms with Gasteiger partial charge in [-0.15, -0.1) is 0 Å².